The number of ether oxygens (including phenoxy) is 3. The van der Waals surface area contributed by atoms with Gasteiger partial charge < -0.3 is 24.4 Å². The highest BCUT2D eigenvalue weighted by Crippen LogP contribution is 2.33. The van der Waals surface area contributed by atoms with Crippen LogP contribution >= 0.6 is 11.3 Å². The average Bonchev–Trinajstić information content (AvgIpc) is 3.14. The Kier molecular flexibility index (Phi) is 7.57. The van der Waals surface area contributed by atoms with Gasteiger partial charge in [-0.25, -0.2) is 9.97 Å². The van der Waals surface area contributed by atoms with Crippen molar-refractivity contribution in [3.63, 3.8) is 0 Å². The first-order chi connectivity index (χ1) is 16.8. The molecule has 2 aromatic heterocycles. The standard InChI is InChI=1S/C24H27N5O5S/c1-14-11-26-20(12-25-14)28-22(30)17-8-18(33-15(2)13-32-4)10-19(9-17)34-24-27-16(3)21(35-24)23(31)29-6-5-7-29/h8-12,15H,5-7,13H2,1-4H3,(H,26,28,30)/t15-/m0/s1. The van der Waals surface area contributed by atoms with E-state index in [4.69, 9.17) is 14.2 Å². The van der Waals surface area contributed by atoms with Gasteiger partial charge in [-0.15, -0.1) is 0 Å². The number of methoxy groups -OCH3 is 1. The molecule has 35 heavy (non-hydrogen) atoms. The molecular weight excluding hydrogens is 470 g/mol. The number of aryl methyl sites for hydroxylation is 2. The van der Waals surface area contributed by atoms with Crippen molar-refractivity contribution < 1.29 is 23.8 Å². The number of thiazole rings is 1. The van der Waals surface area contributed by atoms with Gasteiger partial charge in [0.15, 0.2) is 5.82 Å². The molecule has 0 saturated carbocycles. The normalized spacial score (nSPS) is 13.7. The Bertz CT molecular complexity index is 1210. The molecule has 4 rings (SSSR count). The Morgan fingerprint density at radius 2 is 1.91 bits per heavy atom. The third-order valence-electron chi connectivity index (χ3n) is 5.22. The topological polar surface area (TPSA) is 116 Å². The molecule has 11 heteroatoms. The largest absolute Gasteiger partial charge is 0.488 e. The van der Waals surface area contributed by atoms with Crippen molar-refractivity contribution in [2.75, 3.05) is 32.1 Å². The zero-order valence-corrected chi connectivity index (χ0v) is 20.8. The molecule has 1 fully saturated rings. The molecule has 3 heterocycles. The third kappa shape index (κ3) is 6.11. The molecule has 1 aromatic carbocycles. The van der Waals surface area contributed by atoms with Crippen LogP contribution in [0, 0.1) is 13.8 Å². The number of nitrogens with one attached hydrogen (secondary N) is 1. The summed E-state index contributed by atoms with van der Waals surface area (Å²) in [5, 5.41) is 3.03. The summed E-state index contributed by atoms with van der Waals surface area (Å²) < 4.78 is 17.0. The number of anilines is 1. The maximum Gasteiger partial charge on any atom is 0.279 e. The summed E-state index contributed by atoms with van der Waals surface area (Å²) in [5.74, 6) is 0.667. The van der Waals surface area contributed by atoms with Gasteiger partial charge in [-0.1, -0.05) is 11.3 Å². The van der Waals surface area contributed by atoms with Crippen molar-refractivity contribution in [1.82, 2.24) is 19.9 Å². The summed E-state index contributed by atoms with van der Waals surface area (Å²) >= 11 is 1.18. The quantitative estimate of drug-likeness (QED) is 0.474. The number of hydrogen-bond donors (Lipinski definition) is 1. The smallest absolute Gasteiger partial charge is 0.279 e. The molecule has 0 aliphatic carbocycles. The fraction of sp³-hybridized carbons (Fsp3) is 0.375. The van der Waals surface area contributed by atoms with E-state index in [-0.39, 0.29) is 12.0 Å². The molecule has 1 aliphatic heterocycles. The third-order valence-corrected chi connectivity index (χ3v) is 6.25. The first-order valence-corrected chi connectivity index (χ1v) is 12.0. The highest BCUT2D eigenvalue weighted by atomic mass is 32.1. The fourth-order valence-corrected chi connectivity index (χ4v) is 4.26. The molecule has 1 N–H and O–H groups in total. The average molecular weight is 498 g/mol. The van der Waals surface area contributed by atoms with Crippen LogP contribution in [0.4, 0.5) is 5.82 Å². The summed E-state index contributed by atoms with van der Waals surface area (Å²) in [5.41, 5.74) is 1.65. The first kappa shape index (κ1) is 24.6. The highest BCUT2D eigenvalue weighted by molar-refractivity contribution is 7.15. The number of amides is 2. The lowest BCUT2D eigenvalue weighted by atomic mass is 10.2. The molecular formula is C24H27N5O5S. The van der Waals surface area contributed by atoms with Crippen LogP contribution in [0.1, 0.15) is 44.8 Å². The van der Waals surface area contributed by atoms with Crippen LogP contribution in [0.15, 0.2) is 30.6 Å². The van der Waals surface area contributed by atoms with Gasteiger partial charge in [0.25, 0.3) is 17.0 Å². The van der Waals surface area contributed by atoms with Gasteiger partial charge in [-0.3, -0.25) is 14.6 Å². The minimum Gasteiger partial charge on any atom is -0.488 e. The summed E-state index contributed by atoms with van der Waals surface area (Å²) in [6.07, 6.45) is 3.82. The van der Waals surface area contributed by atoms with Crippen LogP contribution in [0.25, 0.3) is 0 Å². The monoisotopic (exact) mass is 497 g/mol. The number of carbonyl (C=O) groups is 2. The zero-order chi connectivity index (χ0) is 24.9. The van der Waals surface area contributed by atoms with E-state index >= 15 is 0 Å². The minimum atomic E-state index is -0.401. The molecule has 0 unspecified atom stereocenters. The second-order valence-electron chi connectivity index (χ2n) is 8.22. The molecule has 1 atom stereocenters. The number of benzene rings is 1. The Morgan fingerprint density at radius 3 is 2.57 bits per heavy atom. The molecule has 3 aromatic rings. The van der Waals surface area contributed by atoms with E-state index in [9.17, 15) is 9.59 Å². The van der Waals surface area contributed by atoms with Gasteiger partial charge in [-0.2, -0.15) is 0 Å². The van der Waals surface area contributed by atoms with E-state index in [1.54, 1.807) is 43.3 Å². The zero-order valence-electron chi connectivity index (χ0n) is 20.0. The summed E-state index contributed by atoms with van der Waals surface area (Å²) in [7, 11) is 1.59. The predicted octanol–water partition coefficient (Wildman–Crippen LogP) is 3.85. The maximum atomic E-state index is 13.0. The lowest BCUT2D eigenvalue weighted by Gasteiger charge is -2.30. The number of rotatable bonds is 9. The number of hydrogen-bond acceptors (Lipinski definition) is 9. The van der Waals surface area contributed by atoms with E-state index in [2.05, 4.69) is 20.3 Å². The molecule has 10 nitrogen and oxygen atoms in total. The van der Waals surface area contributed by atoms with Crippen molar-refractivity contribution in [3.8, 4) is 16.7 Å². The number of likely N-dealkylation sites (tertiary alicyclic amines) is 1. The van der Waals surface area contributed by atoms with Crippen molar-refractivity contribution in [3.05, 3.63) is 52.4 Å². The van der Waals surface area contributed by atoms with E-state index < -0.39 is 5.91 Å². The SMILES string of the molecule is COC[C@H](C)Oc1cc(Oc2nc(C)c(C(=O)N3CCC3)s2)cc(C(=O)Nc2cnc(C)cn2)c1. The Labute approximate surface area is 207 Å². The lowest BCUT2D eigenvalue weighted by Crippen LogP contribution is -2.41. The Morgan fingerprint density at radius 1 is 1.14 bits per heavy atom. The maximum absolute atomic E-state index is 13.0. The first-order valence-electron chi connectivity index (χ1n) is 11.2. The highest BCUT2D eigenvalue weighted by Gasteiger charge is 2.26. The molecule has 1 aliphatic rings. The summed E-state index contributed by atoms with van der Waals surface area (Å²) in [4.78, 5) is 40.6. The molecule has 184 valence electrons. The van der Waals surface area contributed by atoms with Crippen LogP contribution in [-0.4, -0.2) is 64.6 Å². The Hall–Kier alpha value is -3.57. The predicted molar refractivity (Wildman–Crippen MR) is 131 cm³/mol. The van der Waals surface area contributed by atoms with E-state index in [0.29, 0.717) is 45.3 Å². The summed E-state index contributed by atoms with van der Waals surface area (Å²) in [6.45, 7) is 7.34. The van der Waals surface area contributed by atoms with Gasteiger partial charge in [0.1, 0.15) is 22.5 Å². The molecule has 0 spiro atoms. The van der Waals surface area contributed by atoms with E-state index in [1.165, 1.54) is 17.5 Å². The number of nitrogens with zero attached hydrogens (tertiary/aromatic N) is 4. The minimum absolute atomic E-state index is 0.0363. The van der Waals surface area contributed by atoms with Crippen LogP contribution in [0.3, 0.4) is 0 Å². The molecule has 1 saturated heterocycles. The van der Waals surface area contributed by atoms with Gasteiger partial charge in [-0.05, 0) is 39.3 Å². The Balaban J connectivity index is 1.58. The van der Waals surface area contributed by atoms with Crippen molar-refractivity contribution >= 4 is 29.0 Å². The number of carbonyl (C=O) groups excluding carboxylic acids is 2. The van der Waals surface area contributed by atoms with E-state index in [1.807, 2.05) is 13.8 Å². The van der Waals surface area contributed by atoms with Crippen LogP contribution in [-0.2, 0) is 4.74 Å². The van der Waals surface area contributed by atoms with E-state index in [0.717, 1.165) is 25.2 Å². The number of aromatic nitrogens is 3. The van der Waals surface area contributed by atoms with Crippen LogP contribution < -0.4 is 14.8 Å². The van der Waals surface area contributed by atoms with Gasteiger partial charge >= 0.3 is 0 Å². The van der Waals surface area contributed by atoms with Gasteiger partial charge in [0.05, 0.1) is 30.4 Å². The van der Waals surface area contributed by atoms with Gasteiger partial charge in [0, 0.05) is 31.8 Å². The fourth-order valence-electron chi connectivity index (χ4n) is 3.35. The lowest BCUT2D eigenvalue weighted by molar-refractivity contribution is 0.0655. The van der Waals surface area contributed by atoms with Crippen LogP contribution in [0.5, 0.6) is 16.7 Å². The second-order valence-corrected chi connectivity index (χ2v) is 9.18. The van der Waals surface area contributed by atoms with Crippen molar-refractivity contribution in [2.24, 2.45) is 0 Å². The van der Waals surface area contributed by atoms with Gasteiger partial charge in [0.2, 0.25) is 0 Å². The van der Waals surface area contributed by atoms with Crippen molar-refractivity contribution in [1.29, 1.82) is 0 Å². The second kappa shape index (κ2) is 10.8. The molecule has 0 radical (unpaired) electrons. The van der Waals surface area contributed by atoms with Crippen LogP contribution in [0.2, 0.25) is 0 Å². The van der Waals surface area contributed by atoms with Crippen molar-refractivity contribution in [2.45, 2.75) is 33.3 Å². The molecule has 2 amide bonds. The summed E-state index contributed by atoms with van der Waals surface area (Å²) in [6, 6.07) is 4.86. The molecule has 0 bridgehead atoms.